The van der Waals surface area contributed by atoms with Crippen LogP contribution in [0.25, 0.3) is 11.1 Å². The van der Waals surface area contributed by atoms with Crippen molar-refractivity contribution in [2.45, 2.75) is 116 Å². The molecule has 2 aromatic rings. The van der Waals surface area contributed by atoms with E-state index in [9.17, 15) is 19.8 Å². The minimum absolute atomic E-state index is 0.0218. The van der Waals surface area contributed by atoms with Gasteiger partial charge in [0.25, 0.3) is 0 Å². The monoisotopic (exact) mass is 528 g/mol. The second kappa shape index (κ2) is 11.1. The number of rotatable bonds is 3. The van der Waals surface area contributed by atoms with Crippen LogP contribution in [-0.4, -0.2) is 50.8 Å². The number of nitrogens with one attached hydrogen (secondary N) is 1. The summed E-state index contributed by atoms with van der Waals surface area (Å²) in [6.07, 6.45) is 2.15. The Labute approximate surface area is 225 Å². The van der Waals surface area contributed by atoms with Gasteiger partial charge in [0.05, 0.1) is 41.8 Å². The lowest BCUT2D eigenvalue weighted by atomic mass is 9.71. The summed E-state index contributed by atoms with van der Waals surface area (Å²) in [5.41, 5.74) is 0.830. The SMILES string of the molecule is CCC[C@H]1C(=O)C(C)(C)[C@@H](O)CC(=O)N[C@H](c2ccc3oc(C)nc3c2)C[C@@H]2O[C@]2(C)CCC[C@H](C)[C@@H]1O. The Kier molecular flexibility index (Phi) is 8.36. The Morgan fingerprint density at radius 3 is 2.63 bits per heavy atom. The molecule has 0 unspecified atom stereocenters. The number of hydrogen-bond acceptors (Lipinski definition) is 7. The minimum atomic E-state index is -1.19. The number of hydrogen-bond donors (Lipinski definition) is 3. The first-order valence-electron chi connectivity index (χ1n) is 14.1. The van der Waals surface area contributed by atoms with Gasteiger partial charge in [-0.15, -0.1) is 0 Å². The number of benzene rings is 1. The molecule has 1 amide bonds. The first kappa shape index (κ1) is 28.7. The van der Waals surface area contributed by atoms with Gasteiger partial charge in [0.2, 0.25) is 5.91 Å². The fraction of sp³-hybridized carbons (Fsp3) is 0.700. The molecule has 2 aliphatic heterocycles. The summed E-state index contributed by atoms with van der Waals surface area (Å²) < 4.78 is 11.8. The lowest BCUT2D eigenvalue weighted by molar-refractivity contribution is -0.144. The van der Waals surface area contributed by atoms with Crippen molar-refractivity contribution in [2.75, 3.05) is 0 Å². The zero-order valence-electron chi connectivity index (χ0n) is 23.6. The van der Waals surface area contributed by atoms with E-state index < -0.39 is 23.5 Å². The normalized spacial score (nSPS) is 35.1. The summed E-state index contributed by atoms with van der Waals surface area (Å²) >= 11 is 0. The minimum Gasteiger partial charge on any atom is -0.441 e. The van der Waals surface area contributed by atoms with Gasteiger partial charge in [-0.2, -0.15) is 0 Å². The van der Waals surface area contributed by atoms with Crippen molar-refractivity contribution in [2.24, 2.45) is 17.3 Å². The number of amides is 1. The molecule has 0 aliphatic carbocycles. The average molecular weight is 529 g/mol. The van der Waals surface area contributed by atoms with E-state index >= 15 is 0 Å². The van der Waals surface area contributed by atoms with Crippen LogP contribution in [0.1, 0.15) is 97.1 Å². The van der Waals surface area contributed by atoms with Gasteiger partial charge in [-0.1, -0.05) is 46.6 Å². The molecule has 2 saturated heterocycles. The van der Waals surface area contributed by atoms with E-state index in [0.29, 0.717) is 24.3 Å². The van der Waals surface area contributed by atoms with Crippen LogP contribution in [0, 0.1) is 24.2 Å². The third-order valence-corrected chi connectivity index (χ3v) is 8.85. The number of nitrogens with zero attached hydrogens (tertiary/aromatic N) is 1. The van der Waals surface area contributed by atoms with Gasteiger partial charge in [0, 0.05) is 19.3 Å². The quantitative estimate of drug-likeness (QED) is 0.489. The zero-order valence-corrected chi connectivity index (χ0v) is 23.6. The van der Waals surface area contributed by atoms with Crippen molar-refractivity contribution in [1.29, 1.82) is 0 Å². The number of aliphatic hydroxyl groups excluding tert-OH is 2. The van der Waals surface area contributed by atoms with Crippen molar-refractivity contribution in [3.8, 4) is 0 Å². The molecule has 0 spiro atoms. The van der Waals surface area contributed by atoms with Crippen LogP contribution in [0.4, 0.5) is 0 Å². The van der Waals surface area contributed by atoms with Gasteiger partial charge in [0.1, 0.15) is 11.3 Å². The van der Waals surface area contributed by atoms with Crippen molar-refractivity contribution in [1.82, 2.24) is 10.3 Å². The smallest absolute Gasteiger partial charge is 0.223 e. The van der Waals surface area contributed by atoms with Crippen LogP contribution in [-0.2, 0) is 14.3 Å². The summed E-state index contributed by atoms with van der Waals surface area (Å²) in [6, 6.07) is 5.37. The van der Waals surface area contributed by atoms with Crippen molar-refractivity contribution < 1.29 is 29.0 Å². The second-order valence-electron chi connectivity index (χ2n) is 12.3. The van der Waals surface area contributed by atoms with Gasteiger partial charge in [0.15, 0.2) is 11.5 Å². The number of oxazole rings is 1. The number of ketones is 1. The Bertz CT molecular complexity index is 1160. The van der Waals surface area contributed by atoms with Gasteiger partial charge >= 0.3 is 0 Å². The van der Waals surface area contributed by atoms with E-state index in [0.717, 1.165) is 36.8 Å². The molecule has 8 nitrogen and oxygen atoms in total. The fourth-order valence-electron chi connectivity index (χ4n) is 6.01. The third-order valence-electron chi connectivity index (χ3n) is 8.85. The molecule has 210 valence electrons. The van der Waals surface area contributed by atoms with E-state index in [1.54, 1.807) is 20.8 Å². The molecule has 2 fully saturated rings. The summed E-state index contributed by atoms with van der Waals surface area (Å²) in [7, 11) is 0. The van der Waals surface area contributed by atoms with E-state index in [1.807, 2.05) is 32.0 Å². The Morgan fingerprint density at radius 2 is 1.92 bits per heavy atom. The van der Waals surface area contributed by atoms with E-state index in [2.05, 4.69) is 17.2 Å². The molecule has 3 N–H and O–H groups in total. The van der Waals surface area contributed by atoms with Crippen molar-refractivity contribution in [3.63, 3.8) is 0 Å². The summed E-state index contributed by atoms with van der Waals surface area (Å²) in [6.45, 7) is 11.2. The molecule has 4 rings (SSSR count). The van der Waals surface area contributed by atoms with Gasteiger partial charge in [-0.3, -0.25) is 9.59 Å². The second-order valence-corrected chi connectivity index (χ2v) is 12.3. The highest BCUT2D eigenvalue weighted by atomic mass is 16.6. The first-order chi connectivity index (χ1) is 17.9. The molecule has 8 heteroatoms. The number of aliphatic hydroxyl groups is 2. The van der Waals surface area contributed by atoms with Gasteiger partial charge < -0.3 is 24.7 Å². The lowest BCUT2D eigenvalue weighted by Gasteiger charge is -2.36. The Balaban J connectivity index is 1.62. The number of aromatic nitrogens is 1. The lowest BCUT2D eigenvalue weighted by Crippen LogP contribution is -2.47. The number of carbonyl (C=O) groups excluding carboxylic acids is 2. The molecule has 0 radical (unpaired) electrons. The maximum atomic E-state index is 13.7. The van der Waals surface area contributed by atoms with Crippen molar-refractivity contribution >= 4 is 22.8 Å². The van der Waals surface area contributed by atoms with Crippen LogP contribution in [0.2, 0.25) is 0 Å². The van der Waals surface area contributed by atoms with Gasteiger partial charge in [-0.05, 0) is 49.8 Å². The number of aryl methyl sites for hydroxylation is 1. The molecule has 3 heterocycles. The standard InChI is InChI=1S/C30H44N2O6/c1-7-9-20-27(35)17(2)10-8-13-30(6)25(38-30)15-21(19-11-12-23-22(14-19)31-18(3)37-23)32-26(34)16-24(33)29(4,5)28(20)36/h11-12,14,17,20-21,24-25,27,33,35H,7-10,13,15-16H2,1-6H3,(H,32,34)/t17-,20+,21-,24-,25-,27-,30+/m0/s1. The van der Waals surface area contributed by atoms with Gasteiger partial charge in [-0.25, -0.2) is 4.98 Å². The number of carbonyl (C=O) groups is 2. The first-order valence-corrected chi connectivity index (χ1v) is 14.1. The Hall–Kier alpha value is -2.29. The highest BCUT2D eigenvalue weighted by Gasteiger charge is 2.52. The molecular formula is C30H44N2O6. The predicted molar refractivity (Wildman–Crippen MR) is 144 cm³/mol. The average Bonchev–Trinajstić information content (AvgIpc) is 3.32. The fourth-order valence-corrected chi connectivity index (χ4v) is 6.01. The molecule has 1 aromatic heterocycles. The number of Topliss-reactive ketones (excluding diaryl/α,β-unsaturated/α-hetero) is 1. The zero-order chi connectivity index (χ0) is 27.8. The van der Waals surface area contributed by atoms with Crippen LogP contribution < -0.4 is 5.32 Å². The maximum absolute atomic E-state index is 13.7. The third kappa shape index (κ3) is 5.97. The van der Waals surface area contributed by atoms with E-state index in [1.165, 1.54) is 0 Å². The molecule has 1 aromatic carbocycles. The molecular weight excluding hydrogens is 484 g/mol. The molecule has 0 saturated carbocycles. The summed E-state index contributed by atoms with van der Waals surface area (Å²) in [5, 5.41) is 25.4. The molecule has 2 aliphatic rings. The summed E-state index contributed by atoms with van der Waals surface area (Å²) in [4.78, 5) is 31.3. The molecule has 0 bridgehead atoms. The molecule has 7 atom stereocenters. The largest absolute Gasteiger partial charge is 0.441 e. The topological polar surface area (TPSA) is 125 Å². The van der Waals surface area contributed by atoms with E-state index in [4.69, 9.17) is 9.15 Å². The van der Waals surface area contributed by atoms with Crippen LogP contribution in [0.15, 0.2) is 22.6 Å². The van der Waals surface area contributed by atoms with Crippen molar-refractivity contribution in [3.05, 3.63) is 29.7 Å². The number of epoxide rings is 1. The predicted octanol–water partition coefficient (Wildman–Crippen LogP) is 4.78. The number of ether oxygens (including phenoxy) is 1. The van der Waals surface area contributed by atoms with Crippen LogP contribution in [0.5, 0.6) is 0 Å². The van der Waals surface area contributed by atoms with Crippen LogP contribution in [0.3, 0.4) is 0 Å². The molecule has 38 heavy (non-hydrogen) atoms. The highest BCUT2D eigenvalue weighted by Crippen LogP contribution is 2.46. The van der Waals surface area contributed by atoms with E-state index in [-0.39, 0.29) is 41.8 Å². The summed E-state index contributed by atoms with van der Waals surface area (Å²) in [5.74, 6) is -0.595. The van der Waals surface area contributed by atoms with Crippen LogP contribution >= 0.6 is 0 Å². The highest BCUT2D eigenvalue weighted by molar-refractivity contribution is 5.88. The maximum Gasteiger partial charge on any atom is 0.223 e. The Morgan fingerprint density at radius 1 is 1.18 bits per heavy atom. The number of fused-ring (bicyclic) bond motifs is 2.